The highest BCUT2D eigenvalue weighted by atomic mass is 35.5. The molecule has 108 valence electrons. The van der Waals surface area contributed by atoms with Crippen LogP contribution in [-0.2, 0) is 14.8 Å². The van der Waals surface area contributed by atoms with Gasteiger partial charge in [-0.05, 0) is 31.5 Å². The summed E-state index contributed by atoms with van der Waals surface area (Å²) >= 11 is 0. The van der Waals surface area contributed by atoms with Gasteiger partial charge in [0.25, 0.3) is 0 Å². The molecule has 1 unspecified atom stereocenters. The van der Waals surface area contributed by atoms with Crippen molar-refractivity contribution >= 4 is 28.3 Å². The Hall–Kier alpha value is -1.15. The number of nitrogens with two attached hydrogens (primary N) is 2. The summed E-state index contributed by atoms with van der Waals surface area (Å²) in [5.74, 6) is -0.266. The standard InChI is InChI=1S/C11H17N3O3S.ClH/c1-7(12)11(15)14-8(2)9-3-5-10(6-4-9)18(13,16)17;/h3-8H,12H2,1-2H3,(H,14,15)(H2,13,16,17);1H/t7-,8?;/m1./s1. The highest BCUT2D eigenvalue weighted by Crippen LogP contribution is 2.15. The fraction of sp³-hybridized carbons (Fsp3) is 0.364. The molecule has 1 amide bonds. The summed E-state index contributed by atoms with van der Waals surface area (Å²) in [7, 11) is -3.69. The number of nitrogens with one attached hydrogen (secondary N) is 1. The van der Waals surface area contributed by atoms with Gasteiger partial charge in [-0.25, -0.2) is 13.6 Å². The van der Waals surface area contributed by atoms with Crippen molar-refractivity contribution in [2.75, 3.05) is 0 Å². The first-order valence-corrected chi connectivity index (χ1v) is 6.95. The van der Waals surface area contributed by atoms with Crippen molar-refractivity contribution in [2.24, 2.45) is 10.9 Å². The fourth-order valence-corrected chi connectivity index (χ4v) is 1.89. The van der Waals surface area contributed by atoms with E-state index in [1.165, 1.54) is 12.1 Å². The molecule has 0 saturated carbocycles. The Morgan fingerprint density at radius 3 is 2.05 bits per heavy atom. The van der Waals surface area contributed by atoms with Crippen LogP contribution in [0.3, 0.4) is 0 Å². The van der Waals surface area contributed by atoms with Crippen molar-refractivity contribution in [1.82, 2.24) is 5.32 Å². The lowest BCUT2D eigenvalue weighted by Crippen LogP contribution is -2.39. The third kappa shape index (κ3) is 5.15. The minimum absolute atomic E-state index is 0. The second-order valence-electron chi connectivity index (χ2n) is 4.13. The van der Waals surface area contributed by atoms with Gasteiger partial charge in [-0.2, -0.15) is 0 Å². The van der Waals surface area contributed by atoms with E-state index >= 15 is 0 Å². The van der Waals surface area contributed by atoms with E-state index in [1.54, 1.807) is 26.0 Å². The van der Waals surface area contributed by atoms with Crippen LogP contribution in [-0.4, -0.2) is 20.4 Å². The Kier molecular flexibility index (Phi) is 6.44. The number of amides is 1. The molecule has 0 aliphatic heterocycles. The van der Waals surface area contributed by atoms with Crippen LogP contribution < -0.4 is 16.2 Å². The van der Waals surface area contributed by atoms with Crippen LogP contribution in [0.15, 0.2) is 29.2 Å². The second kappa shape index (κ2) is 6.85. The summed E-state index contributed by atoms with van der Waals surface area (Å²) in [6, 6.07) is 5.17. The van der Waals surface area contributed by atoms with Gasteiger partial charge in [-0.1, -0.05) is 12.1 Å². The Labute approximate surface area is 119 Å². The fourth-order valence-electron chi connectivity index (χ4n) is 1.37. The lowest BCUT2D eigenvalue weighted by atomic mass is 10.1. The minimum Gasteiger partial charge on any atom is -0.348 e. The summed E-state index contributed by atoms with van der Waals surface area (Å²) in [6.45, 7) is 3.37. The maximum atomic E-state index is 11.4. The number of primary sulfonamides is 1. The van der Waals surface area contributed by atoms with E-state index in [1.807, 2.05) is 0 Å². The van der Waals surface area contributed by atoms with Gasteiger partial charge in [-0.15, -0.1) is 12.4 Å². The van der Waals surface area contributed by atoms with Crippen LogP contribution in [0.4, 0.5) is 0 Å². The summed E-state index contributed by atoms with van der Waals surface area (Å²) in [5.41, 5.74) is 6.21. The molecule has 2 atom stereocenters. The average Bonchev–Trinajstić information content (AvgIpc) is 2.27. The zero-order chi connectivity index (χ0) is 13.9. The van der Waals surface area contributed by atoms with Gasteiger partial charge in [0.15, 0.2) is 0 Å². The summed E-state index contributed by atoms with van der Waals surface area (Å²) < 4.78 is 22.1. The topological polar surface area (TPSA) is 115 Å². The molecule has 5 N–H and O–H groups in total. The zero-order valence-electron chi connectivity index (χ0n) is 10.7. The normalized spacial score (nSPS) is 14.1. The van der Waals surface area contributed by atoms with Crippen LogP contribution in [0.5, 0.6) is 0 Å². The summed E-state index contributed by atoms with van der Waals surface area (Å²) in [5, 5.41) is 7.70. The monoisotopic (exact) mass is 307 g/mol. The first kappa shape index (κ1) is 17.8. The largest absolute Gasteiger partial charge is 0.348 e. The Bertz CT molecular complexity index is 529. The predicted molar refractivity (Wildman–Crippen MR) is 75.3 cm³/mol. The molecule has 19 heavy (non-hydrogen) atoms. The maximum absolute atomic E-state index is 11.4. The van der Waals surface area contributed by atoms with E-state index in [0.717, 1.165) is 5.56 Å². The molecule has 6 nitrogen and oxygen atoms in total. The van der Waals surface area contributed by atoms with Gasteiger partial charge >= 0.3 is 0 Å². The molecule has 0 heterocycles. The molecule has 1 rings (SSSR count). The number of rotatable bonds is 4. The van der Waals surface area contributed by atoms with Crippen molar-refractivity contribution < 1.29 is 13.2 Å². The lowest BCUT2D eigenvalue weighted by Gasteiger charge is -2.16. The highest BCUT2D eigenvalue weighted by Gasteiger charge is 2.13. The maximum Gasteiger partial charge on any atom is 0.238 e. The van der Waals surface area contributed by atoms with E-state index in [-0.39, 0.29) is 29.3 Å². The minimum atomic E-state index is -3.69. The lowest BCUT2D eigenvalue weighted by molar-refractivity contribution is -0.122. The van der Waals surface area contributed by atoms with E-state index in [9.17, 15) is 13.2 Å². The quantitative estimate of drug-likeness (QED) is 0.741. The van der Waals surface area contributed by atoms with Gasteiger partial charge < -0.3 is 11.1 Å². The molecule has 0 saturated heterocycles. The average molecular weight is 308 g/mol. The van der Waals surface area contributed by atoms with Crippen molar-refractivity contribution in [3.8, 4) is 0 Å². The Balaban J connectivity index is 0.00000324. The van der Waals surface area contributed by atoms with E-state index < -0.39 is 16.1 Å². The van der Waals surface area contributed by atoms with Crippen LogP contribution in [0.2, 0.25) is 0 Å². The van der Waals surface area contributed by atoms with E-state index in [2.05, 4.69) is 5.32 Å². The SMILES string of the molecule is CC(NC(=O)[C@@H](C)N)c1ccc(S(N)(=O)=O)cc1.Cl. The predicted octanol–water partition coefficient (Wildman–Crippen LogP) is 0.280. The third-order valence-electron chi connectivity index (χ3n) is 2.48. The van der Waals surface area contributed by atoms with Gasteiger partial charge in [0, 0.05) is 0 Å². The number of hydrogen-bond donors (Lipinski definition) is 3. The van der Waals surface area contributed by atoms with Gasteiger partial charge in [-0.3, -0.25) is 4.79 Å². The Morgan fingerprint density at radius 1 is 1.21 bits per heavy atom. The van der Waals surface area contributed by atoms with Crippen LogP contribution in [0, 0.1) is 0 Å². The molecule has 1 aromatic carbocycles. The molecule has 0 aromatic heterocycles. The molecule has 0 aliphatic carbocycles. The van der Waals surface area contributed by atoms with Crippen LogP contribution >= 0.6 is 12.4 Å². The van der Waals surface area contributed by atoms with Gasteiger partial charge in [0.2, 0.25) is 15.9 Å². The molecule has 0 spiro atoms. The third-order valence-corrected chi connectivity index (χ3v) is 3.41. The zero-order valence-corrected chi connectivity index (χ0v) is 12.3. The molecule has 1 aromatic rings. The summed E-state index contributed by atoms with van der Waals surface area (Å²) in [6.07, 6.45) is 0. The first-order valence-electron chi connectivity index (χ1n) is 5.40. The molecule has 0 fully saturated rings. The molecule has 0 aliphatic rings. The highest BCUT2D eigenvalue weighted by molar-refractivity contribution is 7.89. The number of benzene rings is 1. The number of carbonyl (C=O) groups is 1. The van der Waals surface area contributed by atoms with Gasteiger partial charge in [0.05, 0.1) is 17.0 Å². The summed E-state index contributed by atoms with van der Waals surface area (Å²) in [4.78, 5) is 11.4. The Morgan fingerprint density at radius 2 is 1.68 bits per heavy atom. The number of sulfonamides is 1. The van der Waals surface area contributed by atoms with Crippen LogP contribution in [0.25, 0.3) is 0 Å². The van der Waals surface area contributed by atoms with Crippen molar-refractivity contribution in [2.45, 2.75) is 30.8 Å². The van der Waals surface area contributed by atoms with Crippen molar-refractivity contribution in [3.63, 3.8) is 0 Å². The molecule has 0 radical (unpaired) electrons. The second-order valence-corrected chi connectivity index (χ2v) is 5.69. The molecular weight excluding hydrogens is 290 g/mol. The molecule has 8 heteroatoms. The smallest absolute Gasteiger partial charge is 0.238 e. The van der Waals surface area contributed by atoms with Gasteiger partial charge in [0.1, 0.15) is 0 Å². The molecule has 0 bridgehead atoms. The number of hydrogen-bond acceptors (Lipinski definition) is 4. The van der Waals surface area contributed by atoms with Crippen molar-refractivity contribution in [1.29, 1.82) is 0 Å². The van der Waals surface area contributed by atoms with Crippen LogP contribution in [0.1, 0.15) is 25.5 Å². The first-order chi connectivity index (χ1) is 8.21. The number of halogens is 1. The van der Waals surface area contributed by atoms with E-state index in [4.69, 9.17) is 10.9 Å². The van der Waals surface area contributed by atoms with Crippen molar-refractivity contribution in [3.05, 3.63) is 29.8 Å². The molecular formula is C11H18ClN3O3S. The van der Waals surface area contributed by atoms with E-state index in [0.29, 0.717) is 0 Å². The number of carbonyl (C=O) groups excluding carboxylic acids is 1.